The minimum Gasteiger partial charge on any atom is -0.480 e. The number of rotatable bonds is 3. The van der Waals surface area contributed by atoms with Crippen molar-refractivity contribution in [3.05, 3.63) is 71.1 Å². The molecule has 2 aromatic rings. The number of benzene rings is 1. The molecule has 0 fully saturated rings. The number of hydrogen-bond acceptors (Lipinski definition) is 3. The van der Waals surface area contributed by atoms with Crippen molar-refractivity contribution in [2.75, 3.05) is 0 Å². The van der Waals surface area contributed by atoms with Gasteiger partial charge in [0.05, 0.1) is 5.69 Å². The Morgan fingerprint density at radius 3 is 2.55 bits per heavy atom. The molecule has 1 atom stereocenters. The lowest BCUT2D eigenvalue weighted by molar-refractivity contribution is -0.142. The van der Waals surface area contributed by atoms with Gasteiger partial charge in [-0.1, -0.05) is 53.2 Å². The molecular weight excluding hydrogens is 278 g/mol. The van der Waals surface area contributed by atoms with Gasteiger partial charge in [-0.05, 0) is 31.4 Å². The van der Waals surface area contributed by atoms with Crippen molar-refractivity contribution < 1.29 is 14.4 Å². The second-order valence-corrected chi connectivity index (χ2v) is 5.68. The molecule has 1 heterocycles. The lowest BCUT2D eigenvalue weighted by Gasteiger charge is -2.28. The summed E-state index contributed by atoms with van der Waals surface area (Å²) in [6, 6.07) is 11.7. The first-order valence-electron chi connectivity index (χ1n) is 7.14. The van der Waals surface area contributed by atoms with E-state index >= 15 is 0 Å². The molecule has 0 saturated carbocycles. The molecule has 0 spiro atoms. The van der Waals surface area contributed by atoms with Crippen LogP contribution in [0.1, 0.15) is 30.4 Å². The smallest absolute Gasteiger partial charge is 0.321 e. The Morgan fingerprint density at radius 2 is 2.00 bits per heavy atom. The van der Waals surface area contributed by atoms with Gasteiger partial charge < -0.3 is 9.63 Å². The SMILES string of the molecule is CC1=C(c2ccccc2)C=CC(C(=O)O)(c2cc(C)no2)C1. The average Bonchev–Trinajstić information content (AvgIpc) is 2.94. The van der Waals surface area contributed by atoms with Gasteiger partial charge in [0.15, 0.2) is 11.2 Å². The summed E-state index contributed by atoms with van der Waals surface area (Å²) >= 11 is 0. The van der Waals surface area contributed by atoms with Crippen LogP contribution in [-0.4, -0.2) is 16.2 Å². The number of aliphatic carboxylic acids is 1. The molecule has 0 amide bonds. The zero-order valence-electron chi connectivity index (χ0n) is 12.5. The summed E-state index contributed by atoms with van der Waals surface area (Å²) in [7, 11) is 0. The Hall–Kier alpha value is -2.62. The van der Waals surface area contributed by atoms with E-state index in [1.54, 1.807) is 19.1 Å². The van der Waals surface area contributed by atoms with Crippen LogP contribution in [0.4, 0.5) is 0 Å². The van der Waals surface area contributed by atoms with Gasteiger partial charge in [-0.2, -0.15) is 0 Å². The maximum atomic E-state index is 11.9. The van der Waals surface area contributed by atoms with E-state index in [1.165, 1.54) is 0 Å². The molecule has 0 bridgehead atoms. The van der Waals surface area contributed by atoms with Gasteiger partial charge in [-0.25, -0.2) is 0 Å². The lowest BCUT2D eigenvalue weighted by Crippen LogP contribution is -2.35. The van der Waals surface area contributed by atoms with Gasteiger partial charge in [0.1, 0.15) is 0 Å². The number of carbonyl (C=O) groups is 1. The topological polar surface area (TPSA) is 63.3 Å². The van der Waals surface area contributed by atoms with Crippen LogP contribution in [-0.2, 0) is 10.2 Å². The summed E-state index contributed by atoms with van der Waals surface area (Å²) in [5.41, 5.74) is 2.67. The van der Waals surface area contributed by atoms with Crippen LogP contribution in [0.25, 0.3) is 5.57 Å². The van der Waals surface area contributed by atoms with Crippen LogP contribution < -0.4 is 0 Å². The molecule has 1 aliphatic carbocycles. The summed E-state index contributed by atoms with van der Waals surface area (Å²) in [6.45, 7) is 3.75. The molecule has 4 heteroatoms. The van der Waals surface area contributed by atoms with Gasteiger partial charge in [-0.3, -0.25) is 4.79 Å². The zero-order chi connectivity index (χ0) is 15.7. The molecular formula is C18H17NO3. The number of aryl methyl sites for hydroxylation is 1. The third kappa shape index (κ3) is 2.26. The van der Waals surface area contributed by atoms with Gasteiger partial charge >= 0.3 is 5.97 Å². The second-order valence-electron chi connectivity index (χ2n) is 5.68. The van der Waals surface area contributed by atoms with Crippen LogP contribution in [0.2, 0.25) is 0 Å². The van der Waals surface area contributed by atoms with E-state index in [0.29, 0.717) is 17.9 Å². The normalized spacial score (nSPS) is 21.2. The van der Waals surface area contributed by atoms with Crippen molar-refractivity contribution in [1.82, 2.24) is 5.16 Å². The van der Waals surface area contributed by atoms with Crippen molar-refractivity contribution in [1.29, 1.82) is 0 Å². The summed E-state index contributed by atoms with van der Waals surface area (Å²) in [4.78, 5) is 11.9. The number of allylic oxidation sites excluding steroid dienone is 3. The molecule has 0 radical (unpaired) electrons. The first-order chi connectivity index (χ1) is 10.5. The zero-order valence-corrected chi connectivity index (χ0v) is 12.5. The Morgan fingerprint density at radius 1 is 1.27 bits per heavy atom. The molecule has 1 aromatic heterocycles. The second kappa shape index (κ2) is 5.30. The maximum absolute atomic E-state index is 11.9. The van der Waals surface area contributed by atoms with Gasteiger partial charge in [0, 0.05) is 6.07 Å². The van der Waals surface area contributed by atoms with Crippen molar-refractivity contribution in [3.8, 4) is 0 Å². The third-order valence-corrected chi connectivity index (χ3v) is 4.07. The average molecular weight is 295 g/mol. The Balaban J connectivity index is 2.04. The van der Waals surface area contributed by atoms with Gasteiger partial charge in [0.25, 0.3) is 0 Å². The Bertz CT molecular complexity index is 771. The molecule has 1 unspecified atom stereocenters. The molecule has 0 aliphatic heterocycles. The fraction of sp³-hybridized carbons (Fsp3) is 0.222. The molecule has 22 heavy (non-hydrogen) atoms. The number of aromatic nitrogens is 1. The van der Waals surface area contributed by atoms with Crippen LogP contribution in [0.5, 0.6) is 0 Å². The van der Waals surface area contributed by atoms with Crippen molar-refractivity contribution in [3.63, 3.8) is 0 Å². The molecule has 1 N–H and O–H groups in total. The van der Waals surface area contributed by atoms with Crippen LogP contribution in [0, 0.1) is 6.92 Å². The highest BCUT2D eigenvalue weighted by Crippen LogP contribution is 2.40. The van der Waals surface area contributed by atoms with Crippen molar-refractivity contribution in [2.45, 2.75) is 25.7 Å². The third-order valence-electron chi connectivity index (χ3n) is 4.07. The monoisotopic (exact) mass is 295 g/mol. The highest BCUT2D eigenvalue weighted by molar-refractivity contribution is 5.88. The Labute approximate surface area is 128 Å². The van der Waals surface area contributed by atoms with Crippen LogP contribution >= 0.6 is 0 Å². The molecule has 1 aromatic carbocycles. The van der Waals surface area contributed by atoms with Crippen LogP contribution in [0.15, 0.2) is 58.6 Å². The minimum atomic E-state index is -1.18. The Kier molecular flexibility index (Phi) is 3.45. The predicted molar refractivity (Wildman–Crippen MR) is 83.3 cm³/mol. The first-order valence-corrected chi connectivity index (χ1v) is 7.14. The maximum Gasteiger partial charge on any atom is 0.321 e. The van der Waals surface area contributed by atoms with E-state index < -0.39 is 11.4 Å². The first kappa shape index (κ1) is 14.3. The molecule has 112 valence electrons. The number of carboxylic acid groups (broad SMARTS) is 1. The molecule has 1 aliphatic rings. The van der Waals surface area contributed by atoms with E-state index in [4.69, 9.17) is 4.52 Å². The van der Waals surface area contributed by atoms with Gasteiger partial charge in [-0.15, -0.1) is 0 Å². The molecule has 4 nitrogen and oxygen atoms in total. The fourth-order valence-electron chi connectivity index (χ4n) is 2.90. The largest absolute Gasteiger partial charge is 0.480 e. The van der Waals surface area contributed by atoms with Crippen LogP contribution in [0.3, 0.4) is 0 Å². The fourth-order valence-corrected chi connectivity index (χ4v) is 2.90. The summed E-state index contributed by atoms with van der Waals surface area (Å²) in [5.74, 6) is -0.549. The van der Waals surface area contributed by atoms with E-state index in [9.17, 15) is 9.90 Å². The number of nitrogens with zero attached hydrogens (tertiary/aromatic N) is 1. The standard InChI is InChI=1S/C18H17NO3/c1-12-11-18(17(20)21,16-10-13(2)19-22-16)9-8-15(12)14-6-4-3-5-7-14/h3-10H,11H2,1-2H3,(H,20,21). The summed E-state index contributed by atoms with van der Waals surface area (Å²) < 4.78 is 5.25. The van der Waals surface area contributed by atoms with E-state index in [2.05, 4.69) is 5.16 Å². The van der Waals surface area contributed by atoms with Gasteiger partial charge in [0.2, 0.25) is 0 Å². The van der Waals surface area contributed by atoms with E-state index in [0.717, 1.165) is 16.7 Å². The van der Waals surface area contributed by atoms with Crippen molar-refractivity contribution >= 4 is 11.5 Å². The quantitative estimate of drug-likeness (QED) is 0.937. The number of carboxylic acids is 1. The highest BCUT2D eigenvalue weighted by Gasteiger charge is 2.43. The van der Waals surface area contributed by atoms with E-state index in [-0.39, 0.29) is 0 Å². The van der Waals surface area contributed by atoms with Crippen molar-refractivity contribution in [2.24, 2.45) is 0 Å². The molecule has 0 saturated heterocycles. The predicted octanol–water partition coefficient (Wildman–Crippen LogP) is 3.74. The lowest BCUT2D eigenvalue weighted by atomic mass is 9.74. The summed E-state index contributed by atoms with van der Waals surface area (Å²) in [6.07, 6.45) is 3.96. The number of hydrogen-bond donors (Lipinski definition) is 1. The molecule has 3 rings (SSSR count). The summed E-state index contributed by atoms with van der Waals surface area (Å²) in [5, 5.41) is 13.6. The highest BCUT2D eigenvalue weighted by atomic mass is 16.5. The van der Waals surface area contributed by atoms with E-state index in [1.807, 2.05) is 43.3 Å². The minimum absolute atomic E-state index is 0.373.